The van der Waals surface area contributed by atoms with Gasteiger partial charge in [0.15, 0.2) is 0 Å². The number of pyridine rings is 2. The summed E-state index contributed by atoms with van der Waals surface area (Å²) < 4.78 is 0. The number of aryl methyl sites for hydroxylation is 1. The van der Waals surface area contributed by atoms with Crippen molar-refractivity contribution >= 4 is 22.5 Å². The second-order valence-electron chi connectivity index (χ2n) is 6.43. The van der Waals surface area contributed by atoms with Crippen LogP contribution < -0.4 is 5.32 Å². The van der Waals surface area contributed by atoms with Crippen molar-refractivity contribution in [3.63, 3.8) is 0 Å². The lowest BCUT2D eigenvalue weighted by atomic mass is 10.1. The van der Waals surface area contributed by atoms with Crippen LogP contribution in [0.3, 0.4) is 0 Å². The highest BCUT2D eigenvalue weighted by molar-refractivity contribution is 5.94. The molecule has 1 aliphatic rings. The van der Waals surface area contributed by atoms with E-state index in [9.17, 15) is 4.79 Å². The highest BCUT2D eigenvalue weighted by Crippen LogP contribution is 2.26. The number of aromatic nitrogens is 2. The molecule has 1 amide bonds. The maximum atomic E-state index is 12.5. The predicted octanol–water partition coefficient (Wildman–Crippen LogP) is 3.26. The van der Waals surface area contributed by atoms with E-state index in [1.54, 1.807) is 12.3 Å². The first kappa shape index (κ1) is 15.6. The van der Waals surface area contributed by atoms with Crippen molar-refractivity contribution in [2.45, 2.75) is 19.4 Å². The molecule has 0 bridgehead atoms. The molecule has 1 atom stereocenters. The number of para-hydroxylation sites is 1. The molecule has 1 N–H and O–H groups in total. The monoisotopic (exact) mass is 332 g/mol. The molecule has 1 fully saturated rings. The van der Waals surface area contributed by atoms with Gasteiger partial charge in [-0.2, -0.15) is 0 Å². The zero-order chi connectivity index (χ0) is 17.2. The minimum absolute atomic E-state index is 0.000306. The summed E-state index contributed by atoms with van der Waals surface area (Å²) in [6, 6.07) is 13.9. The minimum atomic E-state index is 0.000306. The molecule has 2 aromatic heterocycles. The maximum Gasteiger partial charge on any atom is 0.272 e. The Kier molecular flexibility index (Phi) is 4.06. The predicted molar refractivity (Wildman–Crippen MR) is 98.6 cm³/mol. The van der Waals surface area contributed by atoms with Crippen LogP contribution in [0, 0.1) is 6.92 Å². The lowest BCUT2D eigenvalue weighted by molar-refractivity contribution is 0.0786. The number of fused-ring (bicyclic) bond motifs is 1. The summed E-state index contributed by atoms with van der Waals surface area (Å²) in [6.45, 7) is 3.50. The number of hydrogen-bond acceptors (Lipinski definition) is 4. The zero-order valence-electron chi connectivity index (χ0n) is 14.1. The molecule has 1 aromatic carbocycles. The van der Waals surface area contributed by atoms with Crippen molar-refractivity contribution in [2.75, 3.05) is 18.4 Å². The molecule has 3 heterocycles. The van der Waals surface area contributed by atoms with Crippen LogP contribution >= 0.6 is 0 Å². The van der Waals surface area contributed by atoms with E-state index < -0.39 is 0 Å². The van der Waals surface area contributed by atoms with Gasteiger partial charge in [-0.3, -0.25) is 14.8 Å². The third-order valence-corrected chi connectivity index (χ3v) is 4.69. The molecule has 0 saturated carbocycles. The molecule has 1 aliphatic heterocycles. The van der Waals surface area contributed by atoms with E-state index in [0.717, 1.165) is 29.6 Å². The van der Waals surface area contributed by atoms with Crippen LogP contribution in [0.15, 0.2) is 54.9 Å². The Morgan fingerprint density at radius 2 is 2.04 bits per heavy atom. The van der Waals surface area contributed by atoms with Gasteiger partial charge in [-0.25, -0.2) is 0 Å². The number of hydrogen-bond donors (Lipinski definition) is 1. The Balaban J connectivity index is 1.50. The van der Waals surface area contributed by atoms with Crippen LogP contribution in [0.1, 0.15) is 22.5 Å². The Morgan fingerprint density at radius 1 is 1.12 bits per heavy atom. The third kappa shape index (κ3) is 3.05. The Labute approximate surface area is 146 Å². The second kappa shape index (κ2) is 6.51. The van der Waals surface area contributed by atoms with Crippen molar-refractivity contribution in [1.29, 1.82) is 0 Å². The SMILES string of the molecule is Cc1cccc2c(NC3CCN(C(=O)c4ccccn4)C3)ccnc12. The van der Waals surface area contributed by atoms with Gasteiger partial charge < -0.3 is 10.2 Å². The average molecular weight is 332 g/mol. The first-order valence-electron chi connectivity index (χ1n) is 8.53. The van der Waals surface area contributed by atoms with Gasteiger partial charge in [0.05, 0.1) is 5.52 Å². The van der Waals surface area contributed by atoms with E-state index in [1.807, 2.05) is 29.3 Å². The molecule has 0 spiro atoms. The van der Waals surface area contributed by atoms with E-state index in [0.29, 0.717) is 12.2 Å². The molecular weight excluding hydrogens is 312 g/mol. The summed E-state index contributed by atoms with van der Waals surface area (Å²) in [4.78, 5) is 23.0. The Morgan fingerprint density at radius 3 is 2.88 bits per heavy atom. The van der Waals surface area contributed by atoms with Crippen LogP contribution in [0.2, 0.25) is 0 Å². The first-order chi connectivity index (χ1) is 12.2. The summed E-state index contributed by atoms with van der Waals surface area (Å²) in [5.74, 6) is 0.000306. The van der Waals surface area contributed by atoms with Crippen LogP contribution in [-0.2, 0) is 0 Å². The van der Waals surface area contributed by atoms with E-state index in [2.05, 4.69) is 40.4 Å². The zero-order valence-corrected chi connectivity index (χ0v) is 14.1. The summed E-state index contributed by atoms with van der Waals surface area (Å²) >= 11 is 0. The van der Waals surface area contributed by atoms with Gasteiger partial charge in [0.2, 0.25) is 0 Å². The summed E-state index contributed by atoms with van der Waals surface area (Å²) in [5.41, 5.74) is 3.77. The molecular formula is C20H20N4O. The van der Waals surface area contributed by atoms with Crippen LogP contribution in [0.5, 0.6) is 0 Å². The number of anilines is 1. The number of likely N-dealkylation sites (tertiary alicyclic amines) is 1. The van der Waals surface area contributed by atoms with Crippen molar-refractivity contribution < 1.29 is 4.79 Å². The highest BCUT2D eigenvalue weighted by Gasteiger charge is 2.27. The van der Waals surface area contributed by atoms with Crippen molar-refractivity contribution in [1.82, 2.24) is 14.9 Å². The molecule has 4 rings (SSSR count). The van der Waals surface area contributed by atoms with Crippen molar-refractivity contribution in [3.05, 3.63) is 66.1 Å². The maximum absolute atomic E-state index is 12.5. The second-order valence-corrected chi connectivity index (χ2v) is 6.43. The number of benzene rings is 1. The van der Waals surface area contributed by atoms with E-state index in [4.69, 9.17) is 0 Å². The molecule has 25 heavy (non-hydrogen) atoms. The van der Waals surface area contributed by atoms with Crippen molar-refractivity contribution in [2.24, 2.45) is 0 Å². The molecule has 0 radical (unpaired) electrons. The van der Waals surface area contributed by atoms with Crippen molar-refractivity contribution in [3.8, 4) is 0 Å². The fraction of sp³-hybridized carbons (Fsp3) is 0.250. The quantitative estimate of drug-likeness (QED) is 0.800. The van der Waals surface area contributed by atoms with Gasteiger partial charge in [-0.1, -0.05) is 24.3 Å². The third-order valence-electron chi connectivity index (χ3n) is 4.69. The number of rotatable bonds is 3. The smallest absolute Gasteiger partial charge is 0.272 e. The molecule has 126 valence electrons. The number of nitrogens with zero attached hydrogens (tertiary/aromatic N) is 3. The van der Waals surface area contributed by atoms with Gasteiger partial charge in [0, 0.05) is 42.6 Å². The molecule has 1 saturated heterocycles. The van der Waals surface area contributed by atoms with E-state index in [-0.39, 0.29) is 11.9 Å². The summed E-state index contributed by atoms with van der Waals surface area (Å²) in [7, 11) is 0. The van der Waals surface area contributed by atoms with Gasteiger partial charge in [-0.05, 0) is 37.1 Å². The van der Waals surface area contributed by atoms with Gasteiger partial charge in [0.1, 0.15) is 5.69 Å². The van der Waals surface area contributed by atoms with Gasteiger partial charge in [-0.15, -0.1) is 0 Å². The number of carbonyl (C=O) groups excluding carboxylic acids is 1. The lowest BCUT2D eigenvalue weighted by Crippen LogP contribution is -2.32. The van der Waals surface area contributed by atoms with E-state index in [1.165, 1.54) is 5.56 Å². The molecule has 5 nitrogen and oxygen atoms in total. The Bertz CT molecular complexity index is 910. The minimum Gasteiger partial charge on any atom is -0.380 e. The molecule has 3 aromatic rings. The number of nitrogens with one attached hydrogen (secondary N) is 1. The standard InChI is InChI=1S/C20H20N4O/c1-14-5-4-6-16-17(8-11-22-19(14)16)23-15-9-12-24(13-15)20(25)18-7-2-3-10-21-18/h2-8,10-11,15H,9,12-13H2,1H3,(H,22,23). The molecule has 5 heteroatoms. The van der Waals surface area contributed by atoms with Crippen LogP contribution in [-0.4, -0.2) is 39.9 Å². The average Bonchev–Trinajstić information content (AvgIpc) is 3.11. The fourth-order valence-electron chi connectivity index (χ4n) is 3.38. The topological polar surface area (TPSA) is 58.1 Å². The molecule has 0 aliphatic carbocycles. The Hall–Kier alpha value is -2.95. The normalized spacial score (nSPS) is 17.0. The van der Waals surface area contributed by atoms with Crippen LogP contribution in [0.25, 0.3) is 10.9 Å². The number of amides is 1. The number of carbonyl (C=O) groups is 1. The van der Waals surface area contributed by atoms with E-state index >= 15 is 0 Å². The largest absolute Gasteiger partial charge is 0.380 e. The molecule has 1 unspecified atom stereocenters. The van der Waals surface area contributed by atoms with Gasteiger partial charge >= 0.3 is 0 Å². The summed E-state index contributed by atoms with van der Waals surface area (Å²) in [6.07, 6.45) is 4.42. The summed E-state index contributed by atoms with van der Waals surface area (Å²) in [5, 5.41) is 4.72. The lowest BCUT2D eigenvalue weighted by Gasteiger charge is -2.18. The highest BCUT2D eigenvalue weighted by atomic mass is 16.2. The van der Waals surface area contributed by atoms with Gasteiger partial charge in [0.25, 0.3) is 5.91 Å². The fourth-order valence-corrected chi connectivity index (χ4v) is 3.38. The van der Waals surface area contributed by atoms with Crippen LogP contribution in [0.4, 0.5) is 5.69 Å². The first-order valence-corrected chi connectivity index (χ1v) is 8.53.